The van der Waals surface area contributed by atoms with Gasteiger partial charge in [0.15, 0.2) is 0 Å². The number of ether oxygens (including phenoxy) is 1. The van der Waals surface area contributed by atoms with Crippen molar-refractivity contribution >= 4 is 34.0 Å². The number of hydrogen-bond donors (Lipinski definition) is 2. The SMILES string of the molecule is CC1=CCC[C@@]2(C)[C@@H](CC[C@@]2(O)CN(Cc2cccc3ccccc23)C(=O)O[C@H]2C[C@@H](C)CC[C@@H]2C(C)C)c2ccc(cc2C(=O)c2ccc(C)s2)C[C@@H](O)CC1. The van der Waals surface area contributed by atoms with E-state index in [-0.39, 0.29) is 30.4 Å². The number of allylic oxidation sites excluding steroid dienone is 2. The highest BCUT2D eigenvalue weighted by molar-refractivity contribution is 7.14. The normalized spacial score (nSPS) is 28.2. The van der Waals surface area contributed by atoms with Crippen molar-refractivity contribution in [2.24, 2.45) is 23.2 Å². The molecule has 8 rings (SSSR count). The molecule has 1 amide bonds. The van der Waals surface area contributed by atoms with Crippen LogP contribution in [0.4, 0.5) is 4.79 Å². The van der Waals surface area contributed by atoms with Crippen molar-refractivity contribution in [2.45, 2.75) is 136 Å². The van der Waals surface area contributed by atoms with Gasteiger partial charge in [0.25, 0.3) is 0 Å². The van der Waals surface area contributed by atoms with Crippen molar-refractivity contribution in [2.75, 3.05) is 6.54 Å². The summed E-state index contributed by atoms with van der Waals surface area (Å²) in [6, 6.07) is 24.6. The first-order chi connectivity index (χ1) is 27.2. The zero-order valence-electron chi connectivity index (χ0n) is 34.9. The van der Waals surface area contributed by atoms with Gasteiger partial charge in [0, 0.05) is 22.4 Å². The summed E-state index contributed by atoms with van der Waals surface area (Å²) in [5.41, 5.74) is 2.83. The van der Waals surface area contributed by atoms with Crippen LogP contribution in [0.2, 0.25) is 0 Å². The number of aliphatic hydroxyl groups is 2. The fourth-order valence-corrected chi connectivity index (χ4v) is 11.3. The molecular formula is C50H63NO5S. The predicted octanol–water partition coefficient (Wildman–Crippen LogP) is 11.6. The Kier molecular flexibility index (Phi) is 12.5. The molecule has 0 radical (unpaired) electrons. The average Bonchev–Trinajstić information content (AvgIpc) is 3.72. The lowest BCUT2D eigenvalue weighted by molar-refractivity contribution is -0.0875. The van der Waals surface area contributed by atoms with Gasteiger partial charge < -0.3 is 19.8 Å². The molecule has 6 nitrogen and oxygen atoms in total. The number of carbonyl (C=O) groups is 2. The fraction of sp³-hybridized carbons (Fsp3) is 0.520. The molecule has 1 aromatic heterocycles. The van der Waals surface area contributed by atoms with Gasteiger partial charge in [-0.15, -0.1) is 11.3 Å². The number of fused-ring (bicyclic) bond motifs is 9. The lowest BCUT2D eigenvalue weighted by Gasteiger charge is -2.46. The van der Waals surface area contributed by atoms with E-state index in [1.165, 1.54) is 16.9 Å². The van der Waals surface area contributed by atoms with Crippen LogP contribution >= 0.6 is 11.3 Å². The van der Waals surface area contributed by atoms with E-state index < -0.39 is 17.1 Å². The predicted molar refractivity (Wildman–Crippen MR) is 232 cm³/mol. The number of rotatable bonds is 8. The molecule has 0 unspecified atom stereocenters. The number of aryl methyl sites for hydroxylation is 1. The summed E-state index contributed by atoms with van der Waals surface area (Å²) < 4.78 is 6.59. The number of nitrogens with zero attached hydrogens (tertiary/aromatic N) is 1. The Morgan fingerprint density at radius 3 is 2.53 bits per heavy atom. The highest BCUT2D eigenvalue weighted by atomic mass is 32.1. The van der Waals surface area contributed by atoms with Gasteiger partial charge in [-0.2, -0.15) is 0 Å². The Morgan fingerprint density at radius 1 is 0.965 bits per heavy atom. The maximum Gasteiger partial charge on any atom is 0.410 e. The number of amides is 1. The van der Waals surface area contributed by atoms with E-state index in [0.29, 0.717) is 66.8 Å². The molecule has 7 atom stereocenters. The van der Waals surface area contributed by atoms with E-state index >= 15 is 0 Å². The van der Waals surface area contributed by atoms with E-state index in [4.69, 9.17) is 4.74 Å². The zero-order chi connectivity index (χ0) is 40.5. The first kappa shape index (κ1) is 41.4. The topological polar surface area (TPSA) is 87.1 Å². The van der Waals surface area contributed by atoms with E-state index in [9.17, 15) is 19.8 Å². The molecule has 0 saturated heterocycles. The molecule has 3 aromatic carbocycles. The molecule has 304 valence electrons. The summed E-state index contributed by atoms with van der Waals surface area (Å²) in [7, 11) is 0. The molecule has 57 heavy (non-hydrogen) atoms. The molecule has 4 aliphatic carbocycles. The second-order valence-electron chi connectivity index (χ2n) is 18.4. The van der Waals surface area contributed by atoms with Gasteiger partial charge in [-0.3, -0.25) is 4.79 Å². The van der Waals surface area contributed by atoms with Crippen LogP contribution in [0.1, 0.15) is 135 Å². The summed E-state index contributed by atoms with van der Waals surface area (Å²) >= 11 is 1.50. The third-order valence-electron chi connectivity index (χ3n) is 14.0. The maximum atomic E-state index is 14.8. The molecular weight excluding hydrogens is 727 g/mol. The highest BCUT2D eigenvalue weighted by Gasteiger charge is 2.58. The van der Waals surface area contributed by atoms with Crippen LogP contribution in [-0.2, 0) is 17.7 Å². The number of ketones is 1. The molecule has 1 heterocycles. The van der Waals surface area contributed by atoms with Gasteiger partial charge in [-0.05, 0) is 141 Å². The van der Waals surface area contributed by atoms with E-state index in [1.807, 2.05) is 43.3 Å². The quantitative estimate of drug-likeness (QED) is 0.137. The first-order valence-corrected chi connectivity index (χ1v) is 22.3. The second-order valence-corrected chi connectivity index (χ2v) is 19.7. The van der Waals surface area contributed by atoms with Crippen molar-refractivity contribution in [1.82, 2.24) is 4.90 Å². The minimum absolute atomic E-state index is 0.0114. The van der Waals surface area contributed by atoms with Crippen molar-refractivity contribution < 1.29 is 24.5 Å². The van der Waals surface area contributed by atoms with Crippen LogP contribution in [0, 0.1) is 30.1 Å². The summed E-state index contributed by atoms with van der Waals surface area (Å²) in [4.78, 5) is 32.8. The number of carbonyl (C=O) groups excluding carboxylic acids is 2. The van der Waals surface area contributed by atoms with Gasteiger partial charge in [0.2, 0.25) is 5.78 Å². The lowest BCUT2D eigenvalue weighted by atomic mass is 9.64. The van der Waals surface area contributed by atoms with Crippen molar-refractivity contribution in [3.8, 4) is 0 Å². The summed E-state index contributed by atoms with van der Waals surface area (Å²) in [5, 5.41) is 26.6. The van der Waals surface area contributed by atoms with Crippen molar-refractivity contribution in [1.29, 1.82) is 0 Å². The average molecular weight is 790 g/mol. The van der Waals surface area contributed by atoms with Crippen LogP contribution in [0.3, 0.4) is 0 Å². The molecule has 2 saturated carbocycles. The number of thiophene rings is 1. The molecule has 0 aliphatic heterocycles. The first-order valence-electron chi connectivity index (χ1n) is 21.5. The number of hydrogen-bond acceptors (Lipinski definition) is 6. The number of aliphatic hydroxyl groups excluding tert-OH is 1. The Balaban J connectivity index is 1.30. The lowest BCUT2D eigenvalue weighted by Crippen LogP contribution is -2.54. The van der Waals surface area contributed by atoms with Crippen molar-refractivity contribution in [3.05, 3.63) is 116 Å². The third kappa shape index (κ3) is 8.82. The van der Waals surface area contributed by atoms with Crippen LogP contribution in [0.15, 0.2) is 84.4 Å². The van der Waals surface area contributed by atoms with Crippen LogP contribution < -0.4 is 0 Å². The van der Waals surface area contributed by atoms with Gasteiger partial charge in [-0.25, -0.2) is 4.79 Å². The standard InChI is InChI=1S/C50H63NO5S/c1-32(2)40-21-17-34(4)27-45(40)56-48(54)51(30-38-14-9-13-37-12-7-8-15-41(37)38)31-50(55)26-24-44-42-22-19-36(29-43(42)47(53)46-23-18-35(5)57-46)28-39(52)20-16-33(3)11-10-25-49(44,50)6/h7-9,11-15,18-19,22-23,29,32,34,39-40,44-45,52,55H,10,16-17,20-21,24-28,30-31H2,1-6H3/t34-,39-,40+,44-,45-,49-,50+/m0/s1. The third-order valence-corrected chi connectivity index (χ3v) is 15.0. The summed E-state index contributed by atoms with van der Waals surface area (Å²) in [6.07, 6.45) is 8.73. The van der Waals surface area contributed by atoms with Crippen molar-refractivity contribution in [3.63, 3.8) is 0 Å². The van der Waals surface area contributed by atoms with Gasteiger partial charge in [-0.1, -0.05) is 100 Å². The summed E-state index contributed by atoms with van der Waals surface area (Å²) in [5.74, 6) is 1.02. The van der Waals surface area contributed by atoms with Gasteiger partial charge in [0.1, 0.15) is 6.10 Å². The van der Waals surface area contributed by atoms with Gasteiger partial charge >= 0.3 is 6.09 Å². The largest absolute Gasteiger partial charge is 0.446 e. The molecule has 4 aliphatic rings. The molecule has 2 bridgehead atoms. The molecule has 0 spiro atoms. The van der Waals surface area contributed by atoms with Crippen LogP contribution in [0.25, 0.3) is 10.8 Å². The Bertz CT molecular complexity index is 2100. The smallest absolute Gasteiger partial charge is 0.410 e. The van der Waals surface area contributed by atoms with Gasteiger partial charge in [0.05, 0.1) is 23.1 Å². The Labute approximate surface area is 344 Å². The highest BCUT2D eigenvalue weighted by Crippen LogP contribution is 2.59. The zero-order valence-corrected chi connectivity index (χ0v) is 35.7. The van der Waals surface area contributed by atoms with E-state index in [0.717, 1.165) is 64.4 Å². The summed E-state index contributed by atoms with van der Waals surface area (Å²) in [6.45, 7) is 13.5. The van der Waals surface area contributed by atoms with E-state index in [2.05, 4.69) is 77.1 Å². The minimum atomic E-state index is -1.27. The Morgan fingerprint density at radius 2 is 1.75 bits per heavy atom. The van der Waals surface area contributed by atoms with E-state index in [1.54, 1.807) is 4.90 Å². The monoisotopic (exact) mass is 789 g/mol. The molecule has 4 aromatic rings. The minimum Gasteiger partial charge on any atom is -0.446 e. The van der Waals surface area contributed by atoms with Crippen LogP contribution in [0.5, 0.6) is 0 Å². The number of benzene rings is 3. The van der Waals surface area contributed by atoms with Crippen LogP contribution in [-0.4, -0.2) is 51.3 Å². The maximum absolute atomic E-state index is 14.8. The molecule has 2 N–H and O–H groups in total. The second kappa shape index (κ2) is 17.2. The Hall–Kier alpha value is -3.78. The fourth-order valence-electron chi connectivity index (χ4n) is 10.5. The molecule has 7 heteroatoms. The molecule has 2 fully saturated rings.